The lowest BCUT2D eigenvalue weighted by Crippen LogP contribution is -2.52. The highest BCUT2D eigenvalue weighted by Gasteiger charge is 2.54. The van der Waals surface area contributed by atoms with Gasteiger partial charge in [-0.3, -0.25) is 19.3 Å². The predicted molar refractivity (Wildman–Crippen MR) is 123 cm³/mol. The SMILES string of the molecule is Cn1cc(CN2C[C@@H]3CN(Cc4ccc(F)cc4)CCC[C@]3(C(=O)N3CCOCC3)C2)cn1. The van der Waals surface area contributed by atoms with Crippen LogP contribution in [0, 0.1) is 17.2 Å². The summed E-state index contributed by atoms with van der Waals surface area (Å²) in [5, 5.41) is 4.32. The fourth-order valence-electron chi connectivity index (χ4n) is 5.97. The van der Waals surface area contributed by atoms with Crippen LogP contribution < -0.4 is 0 Å². The Hall–Kier alpha value is -2.29. The molecular formula is C25H34FN5O2. The van der Waals surface area contributed by atoms with Crippen molar-refractivity contribution >= 4 is 5.91 Å². The van der Waals surface area contributed by atoms with Gasteiger partial charge in [0, 0.05) is 64.6 Å². The van der Waals surface area contributed by atoms with E-state index in [-0.39, 0.29) is 17.2 Å². The largest absolute Gasteiger partial charge is 0.378 e. The van der Waals surface area contributed by atoms with Crippen molar-refractivity contribution in [2.45, 2.75) is 25.9 Å². The van der Waals surface area contributed by atoms with Gasteiger partial charge in [-0.2, -0.15) is 5.10 Å². The molecule has 0 aliphatic carbocycles. The second-order valence-electron chi connectivity index (χ2n) is 9.91. The standard InChI is InChI=1S/C25H34FN5O2/c1-28-14-21(13-27-28)16-30-18-22-17-29(15-20-3-5-23(26)6-4-20)8-2-7-25(22,19-30)24(32)31-9-11-33-12-10-31/h3-6,13-14,22H,2,7-12,15-19H2,1H3/t22-,25-/m0/s1. The molecule has 0 radical (unpaired) electrons. The number of morpholine rings is 1. The van der Waals surface area contributed by atoms with Crippen LogP contribution in [0.5, 0.6) is 0 Å². The lowest BCUT2D eigenvalue weighted by Gasteiger charge is -2.39. The number of likely N-dealkylation sites (tertiary alicyclic amines) is 2. The number of hydrogen-bond donors (Lipinski definition) is 0. The van der Waals surface area contributed by atoms with Gasteiger partial charge < -0.3 is 9.64 Å². The summed E-state index contributed by atoms with van der Waals surface area (Å²) in [5.74, 6) is 0.382. The summed E-state index contributed by atoms with van der Waals surface area (Å²) in [6.45, 7) is 7.81. The smallest absolute Gasteiger partial charge is 0.230 e. The Morgan fingerprint density at radius 1 is 1.09 bits per heavy atom. The Morgan fingerprint density at radius 3 is 2.55 bits per heavy atom. The zero-order valence-corrected chi connectivity index (χ0v) is 19.5. The minimum absolute atomic E-state index is 0.202. The zero-order valence-electron chi connectivity index (χ0n) is 19.5. The second kappa shape index (κ2) is 9.52. The Bertz CT molecular complexity index is 958. The van der Waals surface area contributed by atoms with Gasteiger partial charge in [0.2, 0.25) is 5.91 Å². The molecule has 0 bridgehead atoms. The summed E-state index contributed by atoms with van der Waals surface area (Å²) < 4.78 is 20.7. The van der Waals surface area contributed by atoms with Gasteiger partial charge in [-0.05, 0) is 43.0 Å². The van der Waals surface area contributed by atoms with E-state index < -0.39 is 0 Å². The third kappa shape index (κ3) is 4.83. The van der Waals surface area contributed by atoms with Gasteiger partial charge in [0.15, 0.2) is 0 Å². The number of ether oxygens (including phenoxy) is 1. The van der Waals surface area contributed by atoms with Crippen LogP contribution in [0.4, 0.5) is 4.39 Å². The maximum absolute atomic E-state index is 14.0. The van der Waals surface area contributed by atoms with Gasteiger partial charge in [-0.1, -0.05) is 12.1 Å². The average Bonchev–Trinajstić information content (AvgIpc) is 3.33. The van der Waals surface area contributed by atoms with Crippen molar-refractivity contribution in [2.75, 3.05) is 52.5 Å². The first-order valence-electron chi connectivity index (χ1n) is 12.1. The van der Waals surface area contributed by atoms with E-state index in [4.69, 9.17) is 4.74 Å². The van der Waals surface area contributed by atoms with E-state index in [2.05, 4.69) is 21.1 Å². The number of carbonyl (C=O) groups is 1. The number of nitrogens with zero attached hydrogens (tertiary/aromatic N) is 5. The topological polar surface area (TPSA) is 53.8 Å². The second-order valence-corrected chi connectivity index (χ2v) is 9.91. The van der Waals surface area contributed by atoms with Gasteiger partial charge in [-0.15, -0.1) is 0 Å². The summed E-state index contributed by atoms with van der Waals surface area (Å²) in [5.41, 5.74) is 1.96. The Balaban J connectivity index is 1.36. The van der Waals surface area contributed by atoms with Gasteiger partial charge in [0.1, 0.15) is 5.82 Å². The molecular weight excluding hydrogens is 421 g/mol. The molecule has 1 aromatic heterocycles. The Labute approximate surface area is 195 Å². The Morgan fingerprint density at radius 2 is 1.82 bits per heavy atom. The zero-order chi connectivity index (χ0) is 22.8. The van der Waals surface area contributed by atoms with E-state index in [0.717, 1.165) is 57.7 Å². The van der Waals surface area contributed by atoms with Crippen LogP contribution >= 0.6 is 0 Å². The normalized spacial score (nSPS) is 26.8. The maximum Gasteiger partial charge on any atom is 0.230 e. The summed E-state index contributed by atoms with van der Waals surface area (Å²) in [6.07, 6.45) is 5.89. The molecule has 33 heavy (non-hydrogen) atoms. The first-order chi connectivity index (χ1) is 16.0. The monoisotopic (exact) mass is 455 g/mol. The molecule has 2 aromatic rings. The Kier molecular flexibility index (Phi) is 6.49. The molecule has 2 atom stereocenters. The van der Waals surface area contributed by atoms with E-state index in [1.54, 1.807) is 0 Å². The van der Waals surface area contributed by atoms with Gasteiger partial charge in [0.05, 0.1) is 24.8 Å². The average molecular weight is 456 g/mol. The number of halogens is 1. The van der Waals surface area contributed by atoms with Crippen molar-refractivity contribution in [3.63, 3.8) is 0 Å². The molecule has 3 aliphatic heterocycles. The van der Waals surface area contributed by atoms with Crippen molar-refractivity contribution in [3.8, 4) is 0 Å². The number of carbonyl (C=O) groups excluding carboxylic acids is 1. The van der Waals surface area contributed by atoms with Crippen molar-refractivity contribution in [1.82, 2.24) is 24.5 Å². The third-order valence-electron chi connectivity index (χ3n) is 7.55. The van der Waals surface area contributed by atoms with Crippen LogP contribution in [0.2, 0.25) is 0 Å². The molecule has 7 nitrogen and oxygen atoms in total. The lowest BCUT2D eigenvalue weighted by atomic mass is 9.73. The van der Waals surface area contributed by atoms with Crippen molar-refractivity contribution < 1.29 is 13.9 Å². The summed E-state index contributed by atoms with van der Waals surface area (Å²) >= 11 is 0. The van der Waals surface area contributed by atoms with Crippen LogP contribution in [-0.2, 0) is 29.7 Å². The molecule has 5 rings (SSSR count). The third-order valence-corrected chi connectivity index (χ3v) is 7.55. The van der Waals surface area contributed by atoms with Gasteiger partial charge in [0.25, 0.3) is 0 Å². The van der Waals surface area contributed by atoms with E-state index in [0.29, 0.717) is 32.2 Å². The van der Waals surface area contributed by atoms with Gasteiger partial charge >= 0.3 is 0 Å². The molecule has 4 heterocycles. The molecule has 8 heteroatoms. The van der Waals surface area contributed by atoms with Crippen LogP contribution in [-0.4, -0.2) is 82.9 Å². The molecule has 1 amide bonds. The van der Waals surface area contributed by atoms with Crippen LogP contribution in [0.3, 0.4) is 0 Å². The molecule has 3 aliphatic rings. The van der Waals surface area contributed by atoms with Gasteiger partial charge in [-0.25, -0.2) is 4.39 Å². The molecule has 0 unspecified atom stereocenters. The molecule has 0 N–H and O–H groups in total. The molecule has 0 saturated carbocycles. The first kappa shape index (κ1) is 22.5. The van der Waals surface area contributed by atoms with E-state index in [1.165, 1.54) is 17.7 Å². The highest BCUT2D eigenvalue weighted by Crippen LogP contribution is 2.45. The molecule has 0 spiro atoms. The number of benzene rings is 1. The maximum atomic E-state index is 14.0. The molecule has 1 aromatic carbocycles. The fraction of sp³-hybridized carbons (Fsp3) is 0.600. The van der Waals surface area contributed by atoms with Crippen molar-refractivity contribution in [3.05, 3.63) is 53.6 Å². The van der Waals surface area contributed by atoms with E-state index in [9.17, 15) is 9.18 Å². The number of aryl methyl sites for hydroxylation is 1. The lowest BCUT2D eigenvalue weighted by molar-refractivity contribution is -0.148. The van der Waals surface area contributed by atoms with Crippen LogP contribution in [0.15, 0.2) is 36.7 Å². The number of rotatable bonds is 5. The van der Waals surface area contributed by atoms with Crippen LogP contribution in [0.25, 0.3) is 0 Å². The molecule has 3 saturated heterocycles. The predicted octanol–water partition coefficient (Wildman–Crippen LogP) is 2.13. The van der Waals surface area contributed by atoms with Crippen molar-refractivity contribution in [1.29, 1.82) is 0 Å². The van der Waals surface area contributed by atoms with Crippen LogP contribution in [0.1, 0.15) is 24.0 Å². The van der Waals surface area contributed by atoms with E-state index >= 15 is 0 Å². The molecule has 3 fully saturated rings. The summed E-state index contributed by atoms with van der Waals surface area (Å²) in [7, 11) is 1.94. The summed E-state index contributed by atoms with van der Waals surface area (Å²) in [6, 6.07) is 6.81. The number of fused-ring (bicyclic) bond motifs is 1. The molecule has 178 valence electrons. The van der Waals surface area contributed by atoms with Crippen molar-refractivity contribution in [2.24, 2.45) is 18.4 Å². The quantitative estimate of drug-likeness (QED) is 0.692. The first-order valence-corrected chi connectivity index (χ1v) is 12.1. The minimum Gasteiger partial charge on any atom is -0.378 e. The minimum atomic E-state index is -0.350. The number of amides is 1. The van der Waals surface area contributed by atoms with E-state index in [1.807, 2.05) is 35.0 Å². The summed E-state index contributed by atoms with van der Waals surface area (Å²) in [4.78, 5) is 20.9. The number of aromatic nitrogens is 2. The number of hydrogen-bond acceptors (Lipinski definition) is 5. The highest BCUT2D eigenvalue weighted by atomic mass is 19.1. The fourth-order valence-corrected chi connectivity index (χ4v) is 5.97. The highest BCUT2D eigenvalue weighted by molar-refractivity contribution is 5.84.